The van der Waals surface area contributed by atoms with Gasteiger partial charge in [0.2, 0.25) is 0 Å². The second-order valence-electron chi connectivity index (χ2n) is 8.98. The Morgan fingerprint density at radius 3 is 2.49 bits per heavy atom. The van der Waals surface area contributed by atoms with E-state index in [0.717, 1.165) is 17.7 Å². The fourth-order valence-electron chi connectivity index (χ4n) is 4.67. The van der Waals surface area contributed by atoms with Gasteiger partial charge in [0, 0.05) is 37.2 Å². The molecule has 3 aromatic carbocycles. The summed E-state index contributed by atoms with van der Waals surface area (Å²) in [7, 11) is 1.77. The molecule has 1 fully saturated rings. The van der Waals surface area contributed by atoms with Crippen LogP contribution in [0.2, 0.25) is 10.0 Å². The van der Waals surface area contributed by atoms with E-state index >= 15 is 0 Å². The summed E-state index contributed by atoms with van der Waals surface area (Å²) in [6.45, 7) is 0.799. The zero-order chi connectivity index (χ0) is 26.9. The number of alkyl halides is 3. The molecule has 1 unspecified atom stereocenters. The van der Waals surface area contributed by atoms with Crippen LogP contribution in [0.15, 0.2) is 60.7 Å². The molecule has 3 aromatic rings. The predicted molar refractivity (Wildman–Crippen MR) is 133 cm³/mol. The largest absolute Gasteiger partial charge is 0.419 e. The minimum Gasteiger partial charge on any atom is -0.336 e. The van der Waals surface area contributed by atoms with E-state index in [1.54, 1.807) is 42.3 Å². The van der Waals surface area contributed by atoms with Crippen molar-refractivity contribution in [3.05, 3.63) is 104 Å². The van der Waals surface area contributed by atoms with Gasteiger partial charge in [-0.1, -0.05) is 41.4 Å². The van der Waals surface area contributed by atoms with E-state index in [9.17, 15) is 27.6 Å². The number of hydrogen-bond donors (Lipinski definition) is 0. The molecule has 10 heteroatoms. The van der Waals surface area contributed by atoms with E-state index in [0.29, 0.717) is 39.8 Å². The van der Waals surface area contributed by atoms with Gasteiger partial charge in [-0.3, -0.25) is 9.69 Å². The smallest absolute Gasteiger partial charge is 0.336 e. The number of hydrogen-bond acceptors (Lipinski definition) is 3. The van der Waals surface area contributed by atoms with Crippen LogP contribution in [0.25, 0.3) is 0 Å². The number of nitriles is 1. The minimum absolute atomic E-state index is 0.156. The van der Waals surface area contributed by atoms with Crippen LogP contribution in [-0.2, 0) is 12.7 Å². The quantitative estimate of drug-likeness (QED) is 0.330. The third-order valence-electron chi connectivity index (χ3n) is 6.52. The summed E-state index contributed by atoms with van der Waals surface area (Å²) in [6, 6.07) is 16.3. The maximum absolute atomic E-state index is 14.2. The van der Waals surface area contributed by atoms with E-state index in [-0.39, 0.29) is 24.4 Å². The van der Waals surface area contributed by atoms with Gasteiger partial charge in [0.15, 0.2) is 0 Å². The van der Waals surface area contributed by atoms with Crippen molar-refractivity contribution in [2.75, 3.05) is 20.1 Å². The number of halogens is 6. The lowest BCUT2D eigenvalue weighted by Gasteiger charge is -2.29. The number of nitrogens with zero attached hydrogens (tertiary/aromatic N) is 3. The summed E-state index contributed by atoms with van der Waals surface area (Å²) in [6.07, 6.45) is -4.78. The normalized spacial score (nSPS) is 17.8. The first-order valence-corrected chi connectivity index (χ1v) is 12.0. The average molecular weight is 550 g/mol. The highest BCUT2D eigenvalue weighted by Crippen LogP contribution is 2.36. The van der Waals surface area contributed by atoms with Crippen LogP contribution in [0.1, 0.15) is 38.5 Å². The van der Waals surface area contributed by atoms with Crippen molar-refractivity contribution in [1.29, 1.82) is 5.26 Å². The fraction of sp³-hybridized carbons (Fsp3) is 0.259. The molecule has 0 aromatic heterocycles. The van der Waals surface area contributed by atoms with Gasteiger partial charge in [-0.15, -0.1) is 0 Å². The third kappa shape index (κ3) is 5.90. The van der Waals surface area contributed by atoms with Gasteiger partial charge in [0.25, 0.3) is 5.91 Å². The van der Waals surface area contributed by atoms with Crippen molar-refractivity contribution in [1.82, 2.24) is 9.80 Å². The standard InChI is InChI=1S/C27H21Cl2F4N3O/c1-35(13-17-5-7-21(24(30)10-17)27(31,32)33)25-15-36(26(37)19-4-2-3-16(9-19)12-34)14-20(25)18-6-8-22(28)23(29)11-18/h2-11,20,25H,13-15H2,1H3/t20-,25?/m1/s1. The molecule has 1 amide bonds. The maximum atomic E-state index is 14.2. The average Bonchev–Trinajstić information content (AvgIpc) is 3.30. The molecular weight excluding hydrogens is 529 g/mol. The number of carbonyl (C=O) groups is 1. The molecule has 1 aliphatic rings. The molecule has 4 nitrogen and oxygen atoms in total. The Morgan fingerprint density at radius 1 is 1.08 bits per heavy atom. The van der Waals surface area contributed by atoms with E-state index < -0.39 is 17.6 Å². The van der Waals surface area contributed by atoms with E-state index in [1.165, 1.54) is 12.1 Å². The van der Waals surface area contributed by atoms with Gasteiger partial charge >= 0.3 is 6.18 Å². The van der Waals surface area contributed by atoms with Gasteiger partial charge in [-0.05, 0) is 60.6 Å². The van der Waals surface area contributed by atoms with Crippen LogP contribution >= 0.6 is 23.2 Å². The third-order valence-corrected chi connectivity index (χ3v) is 7.26. The fourth-order valence-corrected chi connectivity index (χ4v) is 4.97. The Morgan fingerprint density at radius 2 is 1.84 bits per heavy atom. The number of likely N-dealkylation sites (N-methyl/N-ethyl adjacent to an activating group) is 1. The highest BCUT2D eigenvalue weighted by atomic mass is 35.5. The van der Waals surface area contributed by atoms with Crippen molar-refractivity contribution >= 4 is 29.1 Å². The molecular formula is C27H21Cl2F4N3O. The SMILES string of the molecule is CN(Cc1ccc(C(F)(F)F)c(F)c1)C1CN(C(=O)c2cccc(C#N)c2)C[C@@H]1c1ccc(Cl)c(Cl)c1. The van der Waals surface area contributed by atoms with Crippen LogP contribution in [0.5, 0.6) is 0 Å². The molecule has 37 heavy (non-hydrogen) atoms. The number of benzene rings is 3. The second-order valence-corrected chi connectivity index (χ2v) is 9.79. The van der Waals surface area contributed by atoms with Gasteiger partial charge in [-0.2, -0.15) is 18.4 Å². The zero-order valence-electron chi connectivity index (χ0n) is 19.6. The first-order chi connectivity index (χ1) is 17.5. The Hall–Kier alpha value is -3.12. The number of rotatable bonds is 5. The summed E-state index contributed by atoms with van der Waals surface area (Å²) in [5, 5.41) is 9.93. The number of likely N-dealkylation sites (tertiary alicyclic amines) is 1. The van der Waals surface area contributed by atoms with Gasteiger partial charge in [-0.25, -0.2) is 4.39 Å². The molecule has 2 atom stereocenters. The molecule has 192 valence electrons. The molecule has 0 spiro atoms. The lowest BCUT2D eigenvalue weighted by atomic mass is 9.93. The van der Waals surface area contributed by atoms with Gasteiger partial charge in [0.05, 0.1) is 27.2 Å². The maximum Gasteiger partial charge on any atom is 0.419 e. The first-order valence-electron chi connectivity index (χ1n) is 11.3. The summed E-state index contributed by atoms with van der Waals surface area (Å²) in [4.78, 5) is 16.9. The number of amides is 1. The molecule has 0 bridgehead atoms. The Kier molecular flexibility index (Phi) is 7.79. The topological polar surface area (TPSA) is 47.3 Å². The molecule has 1 heterocycles. The molecule has 0 radical (unpaired) electrons. The van der Waals surface area contributed by atoms with Crippen LogP contribution in [0.4, 0.5) is 17.6 Å². The summed E-state index contributed by atoms with van der Waals surface area (Å²) < 4.78 is 53.1. The first kappa shape index (κ1) is 26.9. The highest BCUT2D eigenvalue weighted by molar-refractivity contribution is 6.42. The number of carbonyl (C=O) groups excluding carboxylic acids is 1. The van der Waals surface area contributed by atoms with Crippen molar-refractivity contribution in [2.45, 2.75) is 24.7 Å². The Bertz CT molecular complexity index is 1370. The minimum atomic E-state index is -4.78. The van der Waals surface area contributed by atoms with E-state index in [4.69, 9.17) is 23.2 Å². The van der Waals surface area contributed by atoms with Crippen LogP contribution < -0.4 is 0 Å². The lowest BCUT2D eigenvalue weighted by Crippen LogP contribution is -2.38. The highest BCUT2D eigenvalue weighted by Gasteiger charge is 2.39. The Labute approximate surface area is 221 Å². The van der Waals surface area contributed by atoms with Crippen LogP contribution in [-0.4, -0.2) is 41.9 Å². The van der Waals surface area contributed by atoms with Crippen molar-refractivity contribution in [2.24, 2.45) is 0 Å². The molecule has 0 saturated carbocycles. The summed E-state index contributed by atoms with van der Waals surface area (Å²) in [5.74, 6) is -1.79. The van der Waals surface area contributed by atoms with E-state index in [2.05, 4.69) is 0 Å². The summed E-state index contributed by atoms with van der Waals surface area (Å²) >= 11 is 12.3. The van der Waals surface area contributed by atoms with Crippen molar-refractivity contribution in [3.8, 4) is 6.07 Å². The van der Waals surface area contributed by atoms with Crippen LogP contribution in [0.3, 0.4) is 0 Å². The summed E-state index contributed by atoms with van der Waals surface area (Å²) in [5.41, 5.74) is 0.632. The molecule has 1 aliphatic heterocycles. The van der Waals surface area contributed by atoms with Crippen molar-refractivity contribution in [3.63, 3.8) is 0 Å². The van der Waals surface area contributed by atoms with Crippen molar-refractivity contribution < 1.29 is 22.4 Å². The monoisotopic (exact) mass is 549 g/mol. The van der Waals surface area contributed by atoms with Gasteiger partial charge in [0.1, 0.15) is 5.82 Å². The molecule has 4 rings (SSSR count). The molecule has 0 N–H and O–H groups in total. The van der Waals surface area contributed by atoms with E-state index in [1.807, 2.05) is 17.0 Å². The predicted octanol–water partition coefficient (Wildman–Crippen LogP) is 6.76. The Balaban J connectivity index is 1.62. The zero-order valence-corrected chi connectivity index (χ0v) is 21.1. The van der Waals surface area contributed by atoms with Gasteiger partial charge < -0.3 is 4.90 Å². The molecule has 1 saturated heterocycles. The molecule has 0 aliphatic carbocycles. The van der Waals surface area contributed by atoms with Crippen LogP contribution in [0, 0.1) is 17.1 Å². The lowest BCUT2D eigenvalue weighted by molar-refractivity contribution is -0.140. The second kappa shape index (κ2) is 10.7.